The molecule has 0 amide bonds. The van der Waals surface area contributed by atoms with Crippen molar-refractivity contribution < 1.29 is 97.6 Å². The molecule has 0 aliphatic carbocycles. The van der Waals surface area contributed by atoms with Crippen LogP contribution >= 0.6 is 11.6 Å². The molecular weight excluding hydrogens is 1120 g/mol. The molecule has 1 unspecified atom stereocenters. The van der Waals surface area contributed by atoms with E-state index in [2.05, 4.69) is 19.7 Å². The predicted molar refractivity (Wildman–Crippen MR) is 311 cm³/mol. The largest absolute Gasteiger partial charge is 0.462 e. The maximum atomic E-state index is 14.7. The van der Waals surface area contributed by atoms with Gasteiger partial charge in [-0.1, -0.05) is 88.4 Å². The third kappa shape index (κ3) is 18.2. The molecule has 0 saturated carbocycles. The molecule has 480 valence electrons. The van der Waals surface area contributed by atoms with Gasteiger partial charge in [0, 0.05) is 115 Å². The topological polar surface area (TPSA) is 293 Å². The van der Waals surface area contributed by atoms with Crippen molar-refractivity contribution in [3.63, 3.8) is 0 Å². The van der Waals surface area contributed by atoms with E-state index in [9.17, 15) is 54.9 Å². The van der Waals surface area contributed by atoms with Gasteiger partial charge in [-0.05, 0) is 63.4 Å². The van der Waals surface area contributed by atoms with Crippen LogP contribution in [0.2, 0.25) is 0 Å². The fourth-order valence-corrected chi connectivity index (χ4v) is 14.7. The molecule has 20 nitrogen and oxygen atoms in total. The molecule has 6 fully saturated rings. The average Bonchev–Trinajstić information content (AvgIpc) is 1.35. The number of Topliss-reactive ketones (excluding diaryl/α,β-unsaturated/α-hetero) is 2. The summed E-state index contributed by atoms with van der Waals surface area (Å²) in [5.74, 6) is -10.7. The summed E-state index contributed by atoms with van der Waals surface area (Å²) in [6.07, 6.45) is -5.87. The van der Waals surface area contributed by atoms with Gasteiger partial charge in [-0.25, -0.2) is 0 Å². The molecule has 7 heterocycles. The summed E-state index contributed by atoms with van der Waals surface area (Å²) >= 11 is 5.90. The molecule has 0 radical (unpaired) electrons. The maximum absolute atomic E-state index is 14.7. The van der Waals surface area contributed by atoms with Crippen LogP contribution < -0.4 is 0 Å². The minimum Gasteiger partial charge on any atom is -0.462 e. The number of carbonyl (C=O) groups excluding carboxylic acids is 4. The fraction of sp³-hybridized carbons (Fsp3) is 0.781. The number of allylic oxidation sites excluding steroid dienone is 3. The third-order valence-corrected chi connectivity index (χ3v) is 18.9. The number of hydrogen-bond donors (Lipinski definition) is 7. The van der Waals surface area contributed by atoms with Gasteiger partial charge in [0.25, 0.3) is 0 Å². The first-order valence-corrected chi connectivity index (χ1v) is 31.0. The van der Waals surface area contributed by atoms with Crippen molar-refractivity contribution in [3.05, 3.63) is 60.2 Å². The van der Waals surface area contributed by atoms with Crippen LogP contribution in [0.5, 0.6) is 0 Å². The number of aliphatic hydroxyl groups excluding tert-OH is 5. The van der Waals surface area contributed by atoms with Crippen LogP contribution in [0, 0.1) is 29.6 Å². The predicted octanol–water partition coefficient (Wildman–Crippen LogP) is 6.57. The normalized spacial score (nSPS) is 44.6. The minimum atomic E-state index is -2.35. The second-order valence-electron chi connectivity index (χ2n) is 26.4. The SMILES string of the molecule is C=C(Cl)/C=C/[C@@H](O)CC(=C)C[C@H]1O[C@@H]2[C@H](C)[C@@H](CC(=O)C[C@H]3C[C@H](OC(C)=O)C[C@@]4(C[C@@](C)(O)C[C@H](CC(=C)[C@@H](C)C(OC(C)=O)[C@@H](C)C(=O)C[C@@H]5C[C@@H](OC)C[C@@]6(C[C@@H](O)C[C@H](/C=C\CCC[C@H]7O[C@](O)(C[C@H](O)[C@H]7C)[C@H]2O)O6)O5)O4)O3)[C@@H]1O. The summed E-state index contributed by atoms with van der Waals surface area (Å²) in [6, 6.07) is 0. The van der Waals surface area contributed by atoms with Crippen molar-refractivity contribution >= 4 is 35.1 Å². The zero-order valence-corrected chi connectivity index (χ0v) is 51.8. The van der Waals surface area contributed by atoms with Crippen LogP contribution in [0.15, 0.2) is 60.2 Å². The fourth-order valence-electron chi connectivity index (χ4n) is 14.6. The van der Waals surface area contributed by atoms with Crippen molar-refractivity contribution in [1.82, 2.24) is 0 Å². The van der Waals surface area contributed by atoms with E-state index in [1.54, 1.807) is 34.8 Å². The van der Waals surface area contributed by atoms with E-state index >= 15 is 0 Å². The quantitative estimate of drug-likeness (QED) is 0.0729. The smallest absolute Gasteiger partial charge is 0.302 e. The molecule has 2 spiro atoms. The maximum Gasteiger partial charge on any atom is 0.302 e. The molecule has 6 saturated heterocycles. The van der Waals surface area contributed by atoms with Gasteiger partial charge in [0.1, 0.15) is 29.9 Å². The zero-order valence-electron chi connectivity index (χ0n) is 51.0. The number of methoxy groups -OCH3 is 1. The second-order valence-corrected chi connectivity index (χ2v) is 26.9. The van der Waals surface area contributed by atoms with Crippen molar-refractivity contribution in [2.24, 2.45) is 29.6 Å². The Bertz CT molecular complexity index is 2430. The summed E-state index contributed by atoms with van der Waals surface area (Å²) in [5, 5.41) is 82.9. The van der Waals surface area contributed by atoms with Crippen molar-refractivity contribution in [2.45, 2.75) is 279 Å². The first-order chi connectivity index (χ1) is 39.8. The highest BCUT2D eigenvalue weighted by Crippen LogP contribution is 2.49. The van der Waals surface area contributed by atoms with Gasteiger partial charge < -0.3 is 78.4 Å². The Morgan fingerprint density at radius 1 is 0.812 bits per heavy atom. The highest BCUT2D eigenvalue weighted by molar-refractivity contribution is 6.30. The van der Waals surface area contributed by atoms with Gasteiger partial charge in [0.15, 0.2) is 17.4 Å². The molecule has 0 aromatic rings. The van der Waals surface area contributed by atoms with E-state index in [0.29, 0.717) is 43.3 Å². The Labute approximate surface area is 506 Å². The molecule has 7 N–H and O–H groups in total. The van der Waals surface area contributed by atoms with E-state index in [4.69, 9.17) is 54.2 Å². The molecule has 7 aliphatic rings. The first-order valence-electron chi connectivity index (χ1n) is 30.6. The summed E-state index contributed by atoms with van der Waals surface area (Å²) in [5.41, 5.74) is -0.401. The Hall–Kier alpha value is -3.29. The Morgan fingerprint density at radius 2 is 1.47 bits per heavy atom. The molecule has 10 bridgehead atoms. The van der Waals surface area contributed by atoms with Crippen molar-refractivity contribution in [3.8, 4) is 0 Å². The van der Waals surface area contributed by atoms with Crippen LogP contribution in [0.4, 0.5) is 0 Å². The number of esters is 2. The van der Waals surface area contributed by atoms with Crippen LogP contribution in [0.1, 0.15) is 164 Å². The van der Waals surface area contributed by atoms with Crippen LogP contribution in [-0.2, 0) is 61.8 Å². The van der Waals surface area contributed by atoms with E-state index < -0.39 is 150 Å². The number of aliphatic hydroxyl groups is 7. The summed E-state index contributed by atoms with van der Waals surface area (Å²) in [7, 11) is 1.58. The van der Waals surface area contributed by atoms with Gasteiger partial charge in [0.2, 0.25) is 0 Å². The average molecular weight is 1220 g/mol. The monoisotopic (exact) mass is 1220 g/mol. The second kappa shape index (κ2) is 29.1. The molecular formula is C64H97ClO20. The van der Waals surface area contributed by atoms with E-state index in [1.165, 1.54) is 26.0 Å². The number of ketones is 2. The highest BCUT2D eigenvalue weighted by atomic mass is 35.5. The van der Waals surface area contributed by atoms with Crippen LogP contribution in [0.3, 0.4) is 0 Å². The number of ether oxygens (including phenoxy) is 9. The lowest BCUT2D eigenvalue weighted by Gasteiger charge is -2.52. The molecule has 24 atom stereocenters. The lowest BCUT2D eigenvalue weighted by atomic mass is 9.72. The van der Waals surface area contributed by atoms with Crippen LogP contribution in [0.25, 0.3) is 0 Å². The summed E-state index contributed by atoms with van der Waals surface area (Å²) < 4.78 is 57.6. The Kier molecular flexibility index (Phi) is 23.7. The lowest BCUT2D eigenvalue weighted by Crippen LogP contribution is -2.64. The molecule has 85 heavy (non-hydrogen) atoms. The van der Waals surface area contributed by atoms with Gasteiger partial charge in [-0.2, -0.15) is 0 Å². The molecule has 0 aromatic carbocycles. The number of fused-ring (bicyclic) bond motifs is 8. The number of hydrogen-bond acceptors (Lipinski definition) is 20. The highest BCUT2D eigenvalue weighted by Gasteiger charge is 2.57. The molecule has 21 heteroatoms. The Morgan fingerprint density at radius 3 is 2.15 bits per heavy atom. The molecule has 7 aliphatic heterocycles. The molecule has 7 rings (SSSR count). The van der Waals surface area contributed by atoms with Gasteiger partial charge in [-0.3, -0.25) is 19.2 Å². The Balaban J connectivity index is 1.22. The van der Waals surface area contributed by atoms with Crippen molar-refractivity contribution in [1.29, 1.82) is 0 Å². The molecule has 0 aromatic heterocycles. The van der Waals surface area contributed by atoms with Gasteiger partial charge in [0.05, 0.1) is 84.8 Å². The lowest BCUT2D eigenvalue weighted by molar-refractivity contribution is -0.349. The van der Waals surface area contributed by atoms with Crippen molar-refractivity contribution in [2.75, 3.05) is 7.11 Å². The van der Waals surface area contributed by atoms with E-state index in [-0.39, 0.29) is 106 Å². The standard InChI is InChI=1S/C64H97ClO20/c1-34(19-43(68)18-17-36(3)65)20-56-57(73)52-24-44(69)22-47-26-50(78-41(8)66)31-63(83-47)33-61(10,75)29-51(84-63)21-35(2)37(4)58(79-42(9)67)40(7)53(71)27-48-25-49(77-11)30-62(82-48)28-45(70)23-46(81-62)15-13-12-14-16-55-39(6)54(72)32-64(76,85-55)60(74)59(80-56)38(52)5/h13,15,17-18,37-40,43,45-52,54-60,68,70,72-76H,1-3,12,14,16,19-33H2,4-11H3/b15-13-,18-17+/t37-,38-,39-,40+,43-,45+,46+,47+,48+,49-,50+,51+,52-,54+,55-,56-,57+,58?,59-,60+,61+,62-,63-,64-/m1/s1. The van der Waals surface area contributed by atoms with Gasteiger partial charge in [-0.15, -0.1) is 0 Å². The number of rotatable bonds is 9. The van der Waals surface area contributed by atoms with Gasteiger partial charge >= 0.3 is 11.9 Å². The minimum absolute atomic E-state index is 0.00858. The number of carbonyl (C=O) groups is 4. The van der Waals surface area contributed by atoms with Crippen LogP contribution in [-0.4, -0.2) is 181 Å². The zero-order chi connectivity index (χ0) is 62.5. The van der Waals surface area contributed by atoms with E-state index in [1.807, 2.05) is 19.1 Å². The summed E-state index contributed by atoms with van der Waals surface area (Å²) in [4.78, 5) is 54.6. The third-order valence-electron chi connectivity index (χ3n) is 18.8. The summed E-state index contributed by atoms with van der Waals surface area (Å²) in [6.45, 7) is 23.3. The number of halogens is 1. The van der Waals surface area contributed by atoms with E-state index in [0.717, 1.165) is 0 Å². The first kappa shape index (κ1) is 69.2.